The first-order chi connectivity index (χ1) is 12.6. The summed E-state index contributed by atoms with van der Waals surface area (Å²) in [6, 6.07) is 1.06. The molecule has 0 N–H and O–H groups in total. The number of hydrogen-bond acceptors (Lipinski definition) is 5. The van der Waals surface area contributed by atoms with Gasteiger partial charge in [-0.25, -0.2) is 23.8 Å². The minimum absolute atomic E-state index is 0.00648. The van der Waals surface area contributed by atoms with Crippen molar-refractivity contribution in [2.45, 2.75) is 52.2 Å². The molecule has 0 aliphatic carbocycles. The lowest BCUT2D eigenvalue weighted by Gasteiger charge is -2.33. The maximum absolute atomic E-state index is 13.6. The van der Waals surface area contributed by atoms with Crippen molar-refractivity contribution < 1.29 is 18.3 Å². The summed E-state index contributed by atoms with van der Waals surface area (Å²) in [7, 11) is 0. The number of pyridine rings is 1. The van der Waals surface area contributed by atoms with Gasteiger partial charge in [-0.15, -0.1) is 0 Å². The van der Waals surface area contributed by atoms with E-state index in [9.17, 15) is 13.6 Å². The Kier molecular flexibility index (Phi) is 5.12. The summed E-state index contributed by atoms with van der Waals surface area (Å²) < 4.78 is 33.8. The summed E-state index contributed by atoms with van der Waals surface area (Å²) in [5.74, 6) is -1.20. The molecule has 0 saturated carbocycles. The van der Waals surface area contributed by atoms with Crippen molar-refractivity contribution in [2.24, 2.45) is 0 Å². The Balaban J connectivity index is 1.75. The first-order valence-electron chi connectivity index (χ1n) is 8.86. The third-order valence-corrected chi connectivity index (χ3v) is 4.25. The zero-order valence-corrected chi connectivity index (χ0v) is 15.9. The summed E-state index contributed by atoms with van der Waals surface area (Å²) in [5.41, 5.74) is -0.173. The van der Waals surface area contributed by atoms with E-state index in [0.717, 1.165) is 6.07 Å². The number of rotatable bonds is 2. The van der Waals surface area contributed by atoms with Crippen LogP contribution in [0.15, 0.2) is 12.3 Å². The molecule has 0 unspecified atom stereocenters. The number of piperidine rings is 1. The molecule has 3 heterocycles. The monoisotopic (exact) mass is 379 g/mol. The van der Waals surface area contributed by atoms with Crippen LogP contribution in [0.1, 0.15) is 45.5 Å². The van der Waals surface area contributed by atoms with Crippen LogP contribution >= 0.6 is 0 Å². The zero-order valence-electron chi connectivity index (χ0n) is 15.9. The summed E-state index contributed by atoms with van der Waals surface area (Å²) in [6.07, 6.45) is 2.23. The Morgan fingerprint density at radius 1 is 1.26 bits per heavy atom. The van der Waals surface area contributed by atoms with Gasteiger partial charge in [0, 0.05) is 24.8 Å². The Morgan fingerprint density at radius 2 is 1.93 bits per heavy atom. The van der Waals surface area contributed by atoms with Crippen molar-refractivity contribution in [1.29, 1.82) is 0 Å². The van der Waals surface area contributed by atoms with E-state index in [1.54, 1.807) is 16.5 Å². The van der Waals surface area contributed by atoms with E-state index in [-0.39, 0.29) is 12.1 Å². The highest BCUT2D eigenvalue weighted by molar-refractivity contribution is 5.68. The van der Waals surface area contributed by atoms with Gasteiger partial charge in [0.05, 0.1) is 6.04 Å². The van der Waals surface area contributed by atoms with Crippen molar-refractivity contribution >= 4 is 6.09 Å². The number of amides is 1. The molecule has 1 fully saturated rings. The van der Waals surface area contributed by atoms with Crippen molar-refractivity contribution in [3.63, 3.8) is 0 Å². The SMILES string of the molecule is Cc1nc(-c2cnc(F)c(F)c2)n(C2CCN(C(=O)OC(C)(C)C)CC2)n1. The number of ether oxygens (including phenoxy) is 1. The number of aromatic nitrogens is 4. The van der Waals surface area contributed by atoms with E-state index < -0.39 is 17.4 Å². The minimum atomic E-state index is -1.15. The predicted octanol–water partition coefficient (Wildman–Crippen LogP) is 3.50. The molecule has 3 rings (SSSR count). The lowest BCUT2D eigenvalue weighted by atomic mass is 10.1. The second kappa shape index (κ2) is 7.21. The van der Waals surface area contributed by atoms with Gasteiger partial charge in [-0.2, -0.15) is 9.49 Å². The first-order valence-corrected chi connectivity index (χ1v) is 8.86. The maximum atomic E-state index is 13.6. The van der Waals surface area contributed by atoms with Gasteiger partial charge in [-0.1, -0.05) is 0 Å². The van der Waals surface area contributed by atoms with E-state index in [0.29, 0.717) is 43.1 Å². The fourth-order valence-corrected chi connectivity index (χ4v) is 3.04. The van der Waals surface area contributed by atoms with Crippen LogP contribution in [0.5, 0.6) is 0 Å². The molecule has 146 valence electrons. The summed E-state index contributed by atoms with van der Waals surface area (Å²) in [5, 5.41) is 4.42. The van der Waals surface area contributed by atoms with Crippen molar-refractivity contribution in [3.8, 4) is 11.4 Å². The molecular formula is C18H23F2N5O2. The van der Waals surface area contributed by atoms with Crippen LogP contribution in [-0.2, 0) is 4.74 Å². The number of carbonyl (C=O) groups excluding carboxylic acids is 1. The van der Waals surface area contributed by atoms with Gasteiger partial charge >= 0.3 is 6.09 Å². The van der Waals surface area contributed by atoms with Crippen LogP contribution in [0.25, 0.3) is 11.4 Å². The predicted molar refractivity (Wildman–Crippen MR) is 94.0 cm³/mol. The van der Waals surface area contributed by atoms with Gasteiger partial charge in [0.15, 0.2) is 11.6 Å². The number of nitrogens with zero attached hydrogens (tertiary/aromatic N) is 5. The summed E-state index contributed by atoms with van der Waals surface area (Å²) >= 11 is 0. The molecule has 0 aromatic carbocycles. The van der Waals surface area contributed by atoms with E-state index in [4.69, 9.17) is 4.74 Å². The van der Waals surface area contributed by atoms with Gasteiger partial charge in [-0.05, 0) is 46.6 Å². The van der Waals surface area contributed by atoms with Crippen molar-refractivity contribution in [3.05, 3.63) is 29.9 Å². The molecule has 1 aliphatic rings. The Bertz CT molecular complexity index is 839. The van der Waals surface area contributed by atoms with Crippen LogP contribution in [0, 0.1) is 18.7 Å². The Labute approximate surface area is 156 Å². The van der Waals surface area contributed by atoms with Gasteiger partial charge in [0.2, 0.25) is 5.95 Å². The van der Waals surface area contributed by atoms with Crippen LogP contribution in [-0.4, -0.2) is 49.4 Å². The van der Waals surface area contributed by atoms with Crippen LogP contribution in [0.4, 0.5) is 13.6 Å². The normalized spacial score (nSPS) is 15.9. The number of halogens is 2. The number of carbonyl (C=O) groups is 1. The summed E-state index contributed by atoms with van der Waals surface area (Å²) in [6.45, 7) is 8.28. The zero-order chi connectivity index (χ0) is 19.8. The minimum Gasteiger partial charge on any atom is -0.444 e. The third kappa shape index (κ3) is 4.40. The number of likely N-dealkylation sites (tertiary alicyclic amines) is 1. The molecule has 1 aliphatic heterocycles. The fraction of sp³-hybridized carbons (Fsp3) is 0.556. The van der Waals surface area contributed by atoms with E-state index in [1.807, 2.05) is 20.8 Å². The first kappa shape index (κ1) is 19.2. The maximum Gasteiger partial charge on any atom is 0.410 e. The lowest BCUT2D eigenvalue weighted by molar-refractivity contribution is 0.0185. The quantitative estimate of drug-likeness (QED) is 0.747. The van der Waals surface area contributed by atoms with E-state index in [2.05, 4.69) is 15.1 Å². The second-order valence-corrected chi connectivity index (χ2v) is 7.62. The molecule has 0 spiro atoms. The van der Waals surface area contributed by atoms with Gasteiger partial charge in [0.25, 0.3) is 0 Å². The average molecular weight is 379 g/mol. The number of hydrogen-bond donors (Lipinski definition) is 0. The average Bonchev–Trinajstić information content (AvgIpc) is 2.98. The van der Waals surface area contributed by atoms with Crippen molar-refractivity contribution in [2.75, 3.05) is 13.1 Å². The van der Waals surface area contributed by atoms with Crippen LogP contribution in [0.3, 0.4) is 0 Å². The highest BCUT2D eigenvalue weighted by atomic mass is 19.2. The second-order valence-electron chi connectivity index (χ2n) is 7.62. The highest BCUT2D eigenvalue weighted by Crippen LogP contribution is 2.28. The standard InChI is InChI=1S/C18H23F2N5O2/c1-11-22-16(12-9-14(19)15(20)21-10-12)25(23-11)13-5-7-24(8-6-13)17(26)27-18(2,3)4/h9-10,13H,5-8H2,1-4H3. The molecule has 9 heteroatoms. The molecule has 0 bridgehead atoms. The lowest BCUT2D eigenvalue weighted by Crippen LogP contribution is -2.42. The molecule has 2 aromatic rings. The molecule has 27 heavy (non-hydrogen) atoms. The summed E-state index contributed by atoms with van der Waals surface area (Å²) in [4.78, 5) is 21.6. The van der Waals surface area contributed by atoms with Gasteiger partial charge in [-0.3, -0.25) is 0 Å². The molecular weight excluding hydrogens is 356 g/mol. The Morgan fingerprint density at radius 3 is 2.52 bits per heavy atom. The number of aryl methyl sites for hydroxylation is 1. The molecule has 2 aromatic heterocycles. The van der Waals surface area contributed by atoms with Crippen molar-refractivity contribution in [1.82, 2.24) is 24.6 Å². The third-order valence-electron chi connectivity index (χ3n) is 4.25. The highest BCUT2D eigenvalue weighted by Gasteiger charge is 2.29. The van der Waals surface area contributed by atoms with Gasteiger partial charge < -0.3 is 9.64 Å². The Hall–Kier alpha value is -2.58. The largest absolute Gasteiger partial charge is 0.444 e. The molecule has 0 radical (unpaired) electrons. The van der Waals surface area contributed by atoms with Crippen LogP contribution < -0.4 is 0 Å². The molecule has 1 saturated heterocycles. The fourth-order valence-electron chi connectivity index (χ4n) is 3.04. The molecule has 0 atom stereocenters. The van der Waals surface area contributed by atoms with Gasteiger partial charge in [0.1, 0.15) is 11.4 Å². The van der Waals surface area contributed by atoms with Crippen LogP contribution in [0.2, 0.25) is 0 Å². The van der Waals surface area contributed by atoms with E-state index in [1.165, 1.54) is 6.20 Å². The molecule has 7 nitrogen and oxygen atoms in total. The molecule has 1 amide bonds. The van der Waals surface area contributed by atoms with E-state index >= 15 is 0 Å². The smallest absolute Gasteiger partial charge is 0.410 e. The topological polar surface area (TPSA) is 73.1 Å².